The molecule has 3 rings (SSSR count). The number of methoxy groups -OCH3 is 2. The number of hydrogen-bond donors (Lipinski definition) is 3. The van der Waals surface area contributed by atoms with Gasteiger partial charge in [0.1, 0.15) is 11.6 Å². The Labute approximate surface area is 188 Å². The molecule has 0 saturated carbocycles. The van der Waals surface area contributed by atoms with Gasteiger partial charge in [-0.05, 0) is 31.2 Å². The van der Waals surface area contributed by atoms with Crippen LogP contribution in [0.2, 0.25) is 0 Å². The SMILES string of the molecule is COc1ccc(Nc2cc(-c3cccc(OC(F)(F)F)c3)nc(N[C@@H](C)CO)n2)cc1OC. The Hall–Kier alpha value is -3.73. The summed E-state index contributed by atoms with van der Waals surface area (Å²) in [5.74, 6) is 1.22. The topological polar surface area (TPSA) is 97.8 Å². The Balaban J connectivity index is 1.99. The van der Waals surface area contributed by atoms with Crippen molar-refractivity contribution in [3.8, 4) is 28.5 Å². The highest BCUT2D eigenvalue weighted by molar-refractivity contribution is 5.69. The molecule has 176 valence electrons. The molecule has 0 fully saturated rings. The normalized spacial score (nSPS) is 12.1. The van der Waals surface area contributed by atoms with Crippen molar-refractivity contribution in [2.24, 2.45) is 0 Å². The first-order valence-corrected chi connectivity index (χ1v) is 9.82. The summed E-state index contributed by atoms with van der Waals surface area (Å²) in [6.07, 6.45) is -4.81. The molecular formula is C22H23F3N4O4. The summed E-state index contributed by atoms with van der Waals surface area (Å²) < 4.78 is 52.5. The third-order valence-electron chi connectivity index (χ3n) is 4.39. The van der Waals surface area contributed by atoms with Crippen LogP contribution in [0.25, 0.3) is 11.3 Å². The van der Waals surface area contributed by atoms with Gasteiger partial charge in [0.15, 0.2) is 11.5 Å². The van der Waals surface area contributed by atoms with Crippen molar-refractivity contribution in [1.82, 2.24) is 9.97 Å². The maximum Gasteiger partial charge on any atom is 0.573 e. The van der Waals surface area contributed by atoms with E-state index in [4.69, 9.17) is 9.47 Å². The lowest BCUT2D eigenvalue weighted by Crippen LogP contribution is -2.21. The Morgan fingerprint density at radius 3 is 2.42 bits per heavy atom. The summed E-state index contributed by atoms with van der Waals surface area (Å²) in [5, 5.41) is 15.4. The highest BCUT2D eigenvalue weighted by Gasteiger charge is 2.31. The van der Waals surface area contributed by atoms with Crippen molar-refractivity contribution in [3.63, 3.8) is 0 Å². The van der Waals surface area contributed by atoms with Gasteiger partial charge in [-0.3, -0.25) is 0 Å². The Morgan fingerprint density at radius 1 is 1.00 bits per heavy atom. The number of halogens is 3. The summed E-state index contributed by atoms with van der Waals surface area (Å²) in [6.45, 7) is 1.57. The van der Waals surface area contributed by atoms with Crippen molar-refractivity contribution >= 4 is 17.5 Å². The van der Waals surface area contributed by atoms with E-state index in [2.05, 4.69) is 25.3 Å². The number of aromatic nitrogens is 2. The molecule has 0 saturated heterocycles. The van der Waals surface area contributed by atoms with E-state index in [0.717, 1.165) is 0 Å². The van der Waals surface area contributed by atoms with E-state index in [0.29, 0.717) is 34.3 Å². The van der Waals surface area contributed by atoms with Crippen LogP contribution in [0.4, 0.5) is 30.6 Å². The molecule has 33 heavy (non-hydrogen) atoms. The number of nitrogens with zero attached hydrogens (tertiary/aromatic N) is 2. The van der Waals surface area contributed by atoms with Crippen LogP contribution in [0.15, 0.2) is 48.5 Å². The second-order valence-corrected chi connectivity index (χ2v) is 6.96. The van der Waals surface area contributed by atoms with Gasteiger partial charge in [0.2, 0.25) is 5.95 Å². The third-order valence-corrected chi connectivity index (χ3v) is 4.39. The number of benzene rings is 2. The maximum absolute atomic E-state index is 12.6. The minimum Gasteiger partial charge on any atom is -0.493 e. The fraction of sp³-hybridized carbons (Fsp3) is 0.273. The van der Waals surface area contributed by atoms with Crippen molar-refractivity contribution in [1.29, 1.82) is 0 Å². The van der Waals surface area contributed by atoms with Gasteiger partial charge >= 0.3 is 6.36 Å². The first-order valence-electron chi connectivity index (χ1n) is 9.82. The molecule has 8 nitrogen and oxygen atoms in total. The van der Waals surface area contributed by atoms with E-state index >= 15 is 0 Å². The van der Waals surface area contributed by atoms with Gasteiger partial charge in [0.25, 0.3) is 0 Å². The van der Waals surface area contributed by atoms with Crippen molar-refractivity contribution in [2.45, 2.75) is 19.3 Å². The van der Waals surface area contributed by atoms with Gasteiger partial charge in [-0.25, -0.2) is 4.98 Å². The van der Waals surface area contributed by atoms with E-state index < -0.39 is 6.36 Å². The van der Waals surface area contributed by atoms with Crippen molar-refractivity contribution in [3.05, 3.63) is 48.5 Å². The standard InChI is InChI=1S/C22H23F3N4O4/c1-13(12-30)26-21-28-17(14-5-4-6-16(9-14)33-22(23,24)25)11-20(29-21)27-15-7-8-18(31-2)19(10-15)32-3/h4-11,13,30H,12H2,1-3H3,(H2,26,27,28,29)/t13-/m0/s1. The van der Waals surface area contributed by atoms with Crippen LogP contribution in [0.3, 0.4) is 0 Å². The second kappa shape index (κ2) is 10.3. The van der Waals surface area contributed by atoms with Crippen LogP contribution in [0, 0.1) is 0 Å². The van der Waals surface area contributed by atoms with Gasteiger partial charge in [0.05, 0.1) is 26.5 Å². The molecule has 11 heteroatoms. The Kier molecular flexibility index (Phi) is 7.44. The molecule has 0 aliphatic heterocycles. The highest BCUT2D eigenvalue weighted by Crippen LogP contribution is 2.32. The Bertz CT molecular complexity index is 1100. The summed E-state index contributed by atoms with van der Waals surface area (Å²) in [5.41, 5.74) is 1.36. The lowest BCUT2D eigenvalue weighted by atomic mass is 10.1. The minimum absolute atomic E-state index is 0.166. The van der Waals surface area contributed by atoms with Gasteiger partial charge < -0.3 is 30.0 Å². The predicted octanol–water partition coefficient (Wildman–Crippen LogP) is 4.60. The summed E-state index contributed by atoms with van der Waals surface area (Å²) in [6, 6.07) is 11.9. The van der Waals surface area contributed by atoms with Crippen molar-refractivity contribution < 1.29 is 32.5 Å². The molecule has 3 aromatic rings. The number of aliphatic hydroxyl groups excluding tert-OH is 1. The minimum atomic E-state index is -4.81. The largest absolute Gasteiger partial charge is 0.573 e. The number of anilines is 3. The van der Waals surface area contributed by atoms with Crippen LogP contribution in [0.5, 0.6) is 17.2 Å². The third kappa shape index (κ3) is 6.62. The molecule has 1 heterocycles. The van der Waals surface area contributed by atoms with Crippen LogP contribution in [-0.2, 0) is 0 Å². The molecule has 0 aliphatic rings. The zero-order chi connectivity index (χ0) is 24.0. The molecular weight excluding hydrogens is 441 g/mol. The van der Waals surface area contributed by atoms with Gasteiger partial charge in [-0.15, -0.1) is 13.2 Å². The molecule has 0 bridgehead atoms. The average Bonchev–Trinajstić information content (AvgIpc) is 2.77. The fourth-order valence-corrected chi connectivity index (χ4v) is 2.90. The second-order valence-electron chi connectivity index (χ2n) is 6.96. The lowest BCUT2D eigenvalue weighted by molar-refractivity contribution is -0.274. The number of rotatable bonds is 9. The predicted molar refractivity (Wildman–Crippen MR) is 117 cm³/mol. The number of alkyl halides is 3. The molecule has 0 radical (unpaired) electrons. The molecule has 0 spiro atoms. The van der Waals surface area contributed by atoms with Crippen LogP contribution < -0.4 is 24.8 Å². The number of ether oxygens (including phenoxy) is 3. The average molecular weight is 464 g/mol. The summed E-state index contributed by atoms with van der Waals surface area (Å²) in [7, 11) is 3.04. The molecule has 0 aliphatic carbocycles. The summed E-state index contributed by atoms with van der Waals surface area (Å²) in [4.78, 5) is 8.77. The zero-order valence-corrected chi connectivity index (χ0v) is 18.1. The van der Waals surface area contributed by atoms with E-state index in [9.17, 15) is 18.3 Å². The maximum atomic E-state index is 12.6. The van der Waals surface area contributed by atoms with Gasteiger partial charge in [0, 0.05) is 29.4 Å². The number of hydrogen-bond acceptors (Lipinski definition) is 8. The first-order chi connectivity index (χ1) is 15.7. The number of nitrogens with one attached hydrogen (secondary N) is 2. The molecule has 0 unspecified atom stereocenters. The zero-order valence-electron chi connectivity index (χ0n) is 18.1. The molecule has 2 aromatic carbocycles. The molecule has 3 N–H and O–H groups in total. The fourth-order valence-electron chi connectivity index (χ4n) is 2.90. The van der Waals surface area contributed by atoms with Crippen LogP contribution in [0.1, 0.15) is 6.92 Å². The van der Waals surface area contributed by atoms with E-state index in [1.54, 1.807) is 37.3 Å². The highest BCUT2D eigenvalue weighted by atomic mass is 19.4. The lowest BCUT2D eigenvalue weighted by Gasteiger charge is -2.15. The van der Waals surface area contributed by atoms with Crippen LogP contribution >= 0.6 is 0 Å². The molecule has 0 amide bonds. The molecule has 1 aromatic heterocycles. The van der Waals surface area contributed by atoms with Crippen molar-refractivity contribution in [2.75, 3.05) is 31.5 Å². The monoisotopic (exact) mass is 464 g/mol. The van der Waals surface area contributed by atoms with Gasteiger partial charge in [-0.1, -0.05) is 12.1 Å². The van der Waals surface area contributed by atoms with E-state index in [-0.39, 0.29) is 24.3 Å². The van der Waals surface area contributed by atoms with Crippen LogP contribution in [-0.4, -0.2) is 48.3 Å². The smallest absolute Gasteiger partial charge is 0.493 e. The first kappa shape index (κ1) is 23.9. The van der Waals surface area contributed by atoms with E-state index in [1.165, 1.54) is 32.4 Å². The number of aliphatic hydroxyl groups is 1. The quantitative estimate of drug-likeness (QED) is 0.423. The van der Waals surface area contributed by atoms with Gasteiger partial charge in [-0.2, -0.15) is 4.98 Å². The van der Waals surface area contributed by atoms with E-state index in [1.807, 2.05) is 0 Å². The summed E-state index contributed by atoms with van der Waals surface area (Å²) >= 11 is 0. The Morgan fingerprint density at radius 2 is 1.76 bits per heavy atom. The molecule has 1 atom stereocenters.